The standard InChI is InChI=1S/C67H128O6/c1-4-7-10-13-16-19-22-25-28-30-32-33-35-36-39-42-45-48-51-54-57-60-66(69)72-63-64(62-71-65(68)59-56-53-50-47-44-41-38-27-24-21-18-15-12-9-6-3)73-67(70)61-58-55-52-49-46-43-40-37-34-31-29-26-23-20-17-14-11-8-5-2/h27,38,64H,4-26,28-37,39-63H2,1-3H3/b38-27-. The highest BCUT2D eigenvalue weighted by Crippen LogP contribution is 2.18. The Kier molecular flexibility index (Phi) is 61.1. The van der Waals surface area contributed by atoms with Gasteiger partial charge in [-0.2, -0.15) is 0 Å². The van der Waals surface area contributed by atoms with Crippen LogP contribution in [0.4, 0.5) is 0 Å². The minimum absolute atomic E-state index is 0.0658. The fourth-order valence-corrected chi connectivity index (χ4v) is 10.3. The molecule has 6 heteroatoms. The van der Waals surface area contributed by atoms with Gasteiger partial charge in [-0.15, -0.1) is 0 Å². The maximum Gasteiger partial charge on any atom is 0.306 e. The Balaban J connectivity index is 4.28. The van der Waals surface area contributed by atoms with Gasteiger partial charge in [-0.1, -0.05) is 328 Å². The molecule has 0 heterocycles. The van der Waals surface area contributed by atoms with Crippen molar-refractivity contribution in [2.45, 2.75) is 386 Å². The fraction of sp³-hybridized carbons (Fsp3) is 0.925. The molecule has 0 aromatic carbocycles. The zero-order valence-electron chi connectivity index (χ0n) is 49.7. The first-order chi connectivity index (χ1) is 36.0. The quantitative estimate of drug-likeness (QED) is 0.0261. The molecule has 0 aromatic heterocycles. The molecule has 6 nitrogen and oxygen atoms in total. The Morgan fingerprint density at radius 3 is 0.685 bits per heavy atom. The molecule has 73 heavy (non-hydrogen) atoms. The molecule has 0 aromatic rings. The van der Waals surface area contributed by atoms with Crippen molar-refractivity contribution in [1.82, 2.24) is 0 Å². The van der Waals surface area contributed by atoms with E-state index in [1.165, 1.54) is 276 Å². The molecule has 0 amide bonds. The molecule has 0 aliphatic heterocycles. The lowest BCUT2D eigenvalue weighted by Gasteiger charge is -2.18. The first-order valence-corrected chi connectivity index (χ1v) is 33.2. The lowest BCUT2D eigenvalue weighted by molar-refractivity contribution is -0.167. The van der Waals surface area contributed by atoms with Gasteiger partial charge in [0.25, 0.3) is 0 Å². The molecule has 1 atom stereocenters. The van der Waals surface area contributed by atoms with Crippen molar-refractivity contribution in [2.24, 2.45) is 0 Å². The van der Waals surface area contributed by atoms with Gasteiger partial charge in [-0.3, -0.25) is 14.4 Å². The average molecular weight is 1030 g/mol. The molecule has 0 rings (SSSR count). The number of esters is 3. The first-order valence-electron chi connectivity index (χ1n) is 33.2. The van der Waals surface area contributed by atoms with Gasteiger partial charge in [0, 0.05) is 19.3 Å². The summed E-state index contributed by atoms with van der Waals surface area (Å²) in [7, 11) is 0. The van der Waals surface area contributed by atoms with E-state index in [-0.39, 0.29) is 31.1 Å². The summed E-state index contributed by atoms with van der Waals surface area (Å²) in [5, 5.41) is 0. The SMILES string of the molecule is CCCCCCCC/C=C\CCCCCCCC(=O)OCC(COC(=O)CCCCCCCCCCCCCCCCCCCCCCC)OC(=O)CCCCCCCCCCCCCCCCCCCCC. The van der Waals surface area contributed by atoms with Crippen molar-refractivity contribution < 1.29 is 28.6 Å². The first kappa shape index (κ1) is 71.2. The van der Waals surface area contributed by atoms with Crippen molar-refractivity contribution in [3.05, 3.63) is 12.2 Å². The van der Waals surface area contributed by atoms with E-state index in [0.29, 0.717) is 19.3 Å². The van der Waals surface area contributed by atoms with Gasteiger partial charge in [0.15, 0.2) is 6.10 Å². The second-order valence-corrected chi connectivity index (χ2v) is 22.7. The van der Waals surface area contributed by atoms with Crippen molar-refractivity contribution in [3.63, 3.8) is 0 Å². The van der Waals surface area contributed by atoms with Crippen LogP contribution in [0, 0.1) is 0 Å². The highest BCUT2D eigenvalue weighted by molar-refractivity contribution is 5.71. The molecular formula is C67H128O6. The molecule has 0 aliphatic carbocycles. The Morgan fingerprint density at radius 1 is 0.260 bits per heavy atom. The number of rotatable bonds is 62. The summed E-state index contributed by atoms with van der Waals surface area (Å²) in [5.41, 5.74) is 0. The third-order valence-corrected chi connectivity index (χ3v) is 15.3. The predicted molar refractivity (Wildman–Crippen MR) is 317 cm³/mol. The molecule has 0 N–H and O–H groups in total. The van der Waals surface area contributed by atoms with Gasteiger partial charge in [0.05, 0.1) is 0 Å². The third kappa shape index (κ3) is 60.9. The second kappa shape index (κ2) is 62.7. The van der Waals surface area contributed by atoms with Crippen LogP contribution in [-0.4, -0.2) is 37.2 Å². The van der Waals surface area contributed by atoms with E-state index in [1.54, 1.807) is 0 Å². The second-order valence-electron chi connectivity index (χ2n) is 22.7. The van der Waals surface area contributed by atoms with E-state index in [0.717, 1.165) is 64.2 Å². The number of hydrogen-bond acceptors (Lipinski definition) is 6. The van der Waals surface area contributed by atoms with Crippen molar-refractivity contribution in [3.8, 4) is 0 Å². The van der Waals surface area contributed by atoms with E-state index >= 15 is 0 Å². The summed E-state index contributed by atoms with van der Waals surface area (Å²) in [6, 6.07) is 0. The summed E-state index contributed by atoms with van der Waals surface area (Å²) in [6.45, 7) is 6.71. The zero-order valence-corrected chi connectivity index (χ0v) is 49.7. The van der Waals surface area contributed by atoms with Crippen LogP contribution < -0.4 is 0 Å². The molecule has 0 saturated heterocycles. The number of allylic oxidation sites excluding steroid dienone is 2. The summed E-state index contributed by atoms with van der Waals surface area (Å²) < 4.78 is 17.0. The highest BCUT2D eigenvalue weighted by Gasteiger charge is 2.19. The lowest BCUT2D eigenvalue weighted by atomic mass is 10.0. The van der Waals surface area contributed by atoms with E-state index in [4.69, 9.17) is 14.2 Å². The normalized spacial score (nSPS) is 12.0. The molecule has 432 valence electrons. The molecular weight excluding hydrogens is 901 g/mol. The van der Waals surface area contributed by atoms with Crippen LogP contribution in [0.25, 0.3) is 0 Å². The third-order valence-electron chi connectivity index (χ3n) is 15.3. The minimum Gasteiger partial charge on any atom is -0.462 e. The molecule has 0 aliphatic rings. The van der Waals surface area contributed by atoms with Crippen LogP contribution in [0.3, 0.4) is 0 Å². The van der Waals surface area contributed by atoms with Crippen LogP contribution in [-0.2, 0) is 28.6 Å². The van der Waals surface area contributed by atoms with Crippen molar-refractivity contribution in [2.75, 3.05) is 13.2 Å². The zero-order chi connectivity index (χ0) is 52.9. The van der Waals surface area contributed by atoms with Crippen molar-refractivity contribution >= 4 is 17.9 Å². The number of carbonyl (C=O) groups excluding carboxylic acids is 3. The van der Waals surface area contributed by atoms with E-state index in [1.807, 2.05) is 0 Å². The van der Waals surface area contributed by atoms with Gasteiger partial charge in [-0.05, 0) is 44.9 Å². The number of hydrogen-bond donors (Lipinski definition) is 0. The van der Waals surface area contributed by atoms with Crippen LogP contribution in [0.15, 0.2) is 12.2 Å². The monoisotopic (exact) mass is 1030 g/mol. The molecule has 0 spiro atoms. The topological polar surface area (TPSA) is 78.9 Å². The number of ether oxygens (including phenoxy) is 3. The average Bonchev–Trinajstić information content (AvgIpc) is 3.39. The maximum absolute atomic E-state index is 12.9. The summed E-state index contributed by atoms with van der Waals surface area (Å²) in [4.78, 5) is 38.3. The smallest absolute Gasteiger partial charge is 0.306 e. The van der Waals surface area contributed by atoms with Crippen molar-refractivity contribution in [1.29, 1.82) is 0 Å². The van der Waals surface area contributed by atoms with E-state index in [9.17, 15) is 14.4 Å². The minimum atomic E-state index is -0.769. The van der Waals surface area contributed by atoms with Gasteiger partial charge in [0.2, 0.25) is 0 Å². The maximum atomic E-state index is 12.9. The summed E-state index contributed by atoms with van der Waals surface area (Å²) >= 11 is 0. The van der Waals surface area contributed by atoms with Gasteiger partial charge < -0.3 is 14.2 Å². The Bertz CT molecular complexity index is 1130. The van der Waals surface area contributed by atoms with Gasteiger partial charge in [0.1, 0.15) is 13.2 Å². The summed E-state index contributed by atoms with van der Waals surface area (Å²) in [6.07, 6.45) is 73.7. The Hall–Kier alpha value is -1.85. The van der Waals surface area contributed by atoms with Crippen LogP contribution in [0.1, 0.15) is 380 Å². The molecule has 0 radical (unpaired) electrons. The molecule has 0 bridgehead atoms. The molecule has 0 saturated carbocycles. The Morgan fingerprint density at radius 2 is 0.452 bits per heavy atom. The van der Waals surface area contributed by atoms with Gasteiger partial charge >= 0.3 is 17.9 Å². The lowest BCUT2D eigenvalue weighted by Crippen LogP contribution is -2.30. The largest absolute Gasteiger partial charge is 0.462 e. The number of carbonyl (C=O) groups is 3. The van der Waals surface area contributed by atoms with Crippen LogP contribution >= 0.6 is 0 Å². The predicted octanol–water partition coefficient (Wildman–Crippen LogP) is 22.4. The highest BCUT2D eigenvalue weighted by atomic mass is 16.6. The molecule has 1 unspecified atom stereocenters. The van der Waals surface area contributed by atoms with Gasteiger partial charge in [-0.25, -0.2) is 0 Å². The van der Waals surface area contributed by atoms with E-state index < -0.39 is 6.10 Å². The fourth-order valence-electron chi connectivity index (χ4n) is 10.3. The molecule has 0 fully saturated rings. The number of unbranched alkanes of at least 4 members (excludes halogenated alkanes) is 49. The van der Waals surface area contributed by atoms with Crippen LogP contribution in [0.2, 0.25) is 0 Å². The summed E-state index contributed by atoms with van der Waals surface area (Å²) in [5.74, 6) is -0.841. The van der Waals surface area contributed by atoms with Crippen LogP contribution in [0.5, 0.6) is 0 Å². The Labute approximate surface area is 456 Å². The van der Waals surface area contributed by atoms with E-state index in [2.05, 4.69) is 32.9 Å².